The average Bonchev–Trinajstić information content (AvgIpc) is 3.02. The lowest BCUT2D eigenvalue weighted by molar-refractivity contribution is 0.568. The normalized spacial score (nSPS) is 15.5. The third-order valence-corrected chi connectivity index (χ3v) is 4.09. The van der Waals surface area contributed by atoms with Crippen molar-refractivity contribution in [1.29, 1.82) is 0 Å². The molecule has 1 fully saturated rings. The van der Waals surface area contributed by atoms with Gasteiger partial charge in [-0.25, -0.2) is 0 Å². The summed E-state index contributed by atoms with van der Waals surface area (Å²) in [4.78, 5) is 16.9. The van der Waals surface area contributed by atoms with Gasteiger partial charge in [-0.3, -0.25) is 0 Å². The summed E-state index contributed by atoms with van der Waals surface area (Å²) >= 11 is 1.65. The van der Waals surface area contributed by atoms with Gasteiger partial charge in [0.1, 0.15) is 0 Å². The van der Waals surface area contributed by atoms with Crippen LogP contribution in [0.1, 0.15) is 19.3 Å². The number of aromatic nitrogens is 3. The van der Waals surface area contributed by atoms with Crippen LogP contribution in [0.3, 0.4) is 0 Å². The molecule has 1 aliphatic rings. The van der Waals surface area contributed by atoms with Crippen molar-refractivity contribution in [2.24, 2.45) is 0 Å². The van der Waals surface area contributed by atoms with Gasteiger partial charge in [0, 0.05) is 20.1 Å². The number of piperidine rings is 1. The van der Waals surface area contributed by atoms with Crippen molar-refractivity contribution in [3.63, 3.8) is 0 Å². The van der Waals surface area contributed by atoms with E-state index in [1.807, 2.05) is 24.6 Å². The molecule has 0 radical (unpaired) electrons. The summed E-state index contributed by atoms with van der Waals surface area (Å²) in [7, 11) is 1.84. The Bertz CT molecular complexity index is 534. The standard InChI is InChI=1S/C13H17N5S/c1-14-12-15-11(10-6-5-9-19-10)16-13(17-12)18-7-3-2-4-8-18/h5-6,9H,2-4,7-8H2,1H3,(H,14,15,16,17). The second-order valence-corrected chi connectivity index (χ2v) is 5.51. The van der Waals surface area contributed by atoms with Crippen molar-refractivity contribution in [2.75, 3.05) is 30.4 Å². The van der Waals surface area contributed by atoms with E-state index in [4.69, 9.17) is 0 Å². The summed E-state index contributed by atoms with van der Waals surface area (Å²) in [5, 5.41) is 5.06. The Labute approximate surface area is 116 Å². The number of thiophene rings is 1. The Morgan fingerprint density at radius 3 is 2.68 bits per heavy atom. The highest BCUT2D eigenvalue weighted by atomic mass is 32.1. The van der Waals surface area contributed by atoms with Crippen molar-refractivity contribution in [3.8, 4) is 10.7 Å². The van der Waals surface area contributed by atoms with Gasteiger partial charge in [0.05, 0.1) is 4.88 Å². The number of rotatable bonds is 3. The molecule has 5 nitrogen and oxygen atoms in total. The summed E-state index contributed by atoms with van der Waals surface area (Å²) in [6.07, 6.45) is 3.74. The van der Waals surface area contributed by atoms with Crippen LogP contribution in [0.5, 0.6) is 0 Å². The van der Waals surface area contributed by atoms with Gasteiger partial charge in [-0.05, 0) is 30.7 Å². The Morgan fingerprint density at radius 1 is 1.16 bits per heavy atom. The molecule has 0 amide bonds. The van der Waals surface area contributed by atoms with E-state index in [0.29, 0.717) is 5.95 Å². The van der Waals surface area contributed by atoms with Gasteiger partial charge in [-0.1, -0.05) is 6.07 Å². The van der Waals surface area contributed by atoms with E-state index in [0.717, 1.165) is 29.7 Å². The van der Waals surface area contributed by atoms with Gasteiger partial charge in [0.15, 0.2) is 5.82 Å². The fourth-order valence-corrected chi connectivity index (χ4v) is 2.89. The lowest BCUT2D eigenvalue weighted by atomic mass is 10.1. The lowest BCUT2D eigenvalue weighted by Crippen LogP contribution is -2.31. The van der Waals surface area contributed by atoms with Gasteiger partial charge < -0.3 is 10.2 Å². The van der Waals surface area contributed by atoms with Crippen LogP contribution in [-0.4, -0.2) is 35.1 Å². The van der Waals surface area contributed by atoms with Gasteiger partial charge in [-0.2, -0.15) is 15.0 Å². The molecule has 0 atom stereocenters. The third-order valence-electron chi connectivity index (χ3n) is 3.23. The molecule has 3 rings (SSSR count). The number of nitrogens with zero attached hydrogens (tertiary/aromatic N) is 4. The Kier molecular flexibility index (Phi) is 3.59. The quantitative estimate of drug-likeness (QED) is 0.933. The van der Waals surface area contributed by atoms with Gasteiger partial charge in [0.25, 0.3) is 0 Å². The van der Waals surface area contributed by atoms with E-state index in [1.165, 1.54) is 19.3 Å². The molecule has 100 valence electrons. The fraction of sp³-hybridized carbons (Fsp3) is 0.462. The minimum atomic E-state index is 0.638. The minimum absolute atomic E-state index is 0.638. The second kappa shape index (κ2) is 5.52. The third kappa shape index (κ3) is 2.68. The van der Waals surface area contributed by atoms with Crippen LogP contribution < -0.4 is 10.2 Å². The molecule has 1 aliphatic heterocycles. The average molecular weight is 275 g/mol. The SMILES string of the molecule is CNc1nc(-c2cccs2)nc(N2CCCCC2)n1. The van der Waals surface area contributed by atoms with Crippen LogP contribution in [-0.2, 0) is 0 Å². The van der Waals surface area contributed by atoms with Crippen molar-refractivity contribution < 1.29 is 0 Å². The summed E-state index contributed by atoms with van der Waals surface area (Å²) in [5.41, 5.74) is 0. The largest absolute Gasteiger partial charge is 0.357 e. The zero-order valence-corrected chi connectivity index (χ0v) is 11.8. The molecule has 0 unspecified atom stereocenters. The van der Waals surface area contributed by atoms with E-state index in [-0.39, 0.29) is 0 Å². The first-order valence-corrected chi connectivity index (χ1v) is 7.47. The molecule has 1 N–H and O–H groups in total. The minimum Gasteiger partial charge on any atom is -0.357 e. The topological polar surface area (TPSA) is 53.9 Å². The molecule has 0 aliphatic carbocycles. The fourth-order valence-electron chi connectivity index (χ4n) is 2.23. The maximum atomic E-state index is 4.62. The second-order valence-electron chi connectivity index (χ2n) is 4.56. The van der Waals surface area contributed by atoms with E-state index in [2.05, 4.69) is 25.2 Å². The van der Waals surface area contributed by atoms with Crippen LogP contribution in [0.15, 0.2) is 17.5 Å². The van der Waals surface area contributed by atoms with Gasteiger partial charge in [0.2, 0.25) is 11.9 Å². The van der Waals surface area contributed by atoms with E-state index in [9.17, 15) is 0 Å². The number of anilines is 2. The summed E-state index contributed by atoms with van der Waals surface area (Å²) in [6, 6.07) is 4.06. The van der Waals surface area contributed by atoms with Crippen molar-refractivity contribution >= 4 is 23.2 Å². The zero-order chi connectivity index (χ0) is 13.1. The first kappa shape index (κ1) is 12.3. The Hall–Kier alpha value is -1.69. The van der Waals surface area contributed by atoms with Crippen molar-refractivity contribution in [1.82, 2.24) is 15.0 Å². The molecule has 0 bridgehead atoms. The summed E-state index contributed by atoms with van der Waals surface area (Å²) in [6.45, 7) is 2.08. The van der Waals surface area contributed by atoms with Crippen molar-refractivity contribution in [3.05, 3.63) is 17.5 Å². The number of nitrogens with one attached hydrogen (secondary N) is 1. The van der Waals surface area contributed by atoms with Crippen LogP contribution in [0.25, 0.3) is 10.7 Å². The maximum absolute atomic E-state index is 4.62. The zero-order valence-electron chi connectivity index (χ0n) is 11.0. The summed E-state index contributed by atoms with van der Waals surface area (Å²) in [5.74, 6) is 2.19. The van der Waals surface area contributed by atoms with Crippen LogP contribution >= 0.6 is 11.3 Å². The molecule has 2 aromatic heterocycles. The lowest BCUT2D eigenvalue weighted by Gasteiger charge is -2.26. The molecule has 3 heterocycles. The molecule has 2 aromatic rings. The molecule has 0 spiro atoms. The smallest absolute Gasteiger partial charge is 0.230 e. The molecular formula is C13H17N5S. The number of hydrogen-bond acceptors (Lipinski definition) is 6. The van der Waals surface area contributed by atoms with E-state index < -0.39 is 0 Å². The highest BCUT2D eigenvalue weighted by Gasteiger charge is 2.16. The predicted octanol–water partition coefficient (Wildman–Crippen LogP) is 2.63. The predicted molar refractivity (Wildman–Crippen MR) is 78.8 cm³/mol. The first-order valence-electron chi connectivity index (χ1n) is 6.59. The van der Waals surface area contributed by atoms with E-state index >= 15 is 0 Å². The molecule has 0 aromatic carbocycles. The number of hydrogen-bond donors (Lipinski definition) is 1. The summed E-state index contributed by atoms with van der Waals surface area (Å²) < 4.78 is 0. The van der Waals surface area contributed by atoms with Crippen molar-refractivity contribution in [2.45, 2.75) is 19.3 Å². The molecule has 6 heteroatoms. The highest BCUT2D eigenvalue weighted by Crippen LogP contribution is 2.24. The highest BCUT2D eigenvalue weighted by molar-refractivity contribution is 7.13. The Balaban J connectivity index is 1.97. The first-order chi connectivity index (χ1) is 9.36. The van der Waals surface area contributed by atoms with Gasteiger partial charge >= 0.3 is 0 Å². The molecule has 19 heavy (non-hydrogen) atoms. The van der Waals surface area contributed by atoms with Crippen LogP contribution in [0.4, 0.5) is 11.9 Å². The maximum Gasteiger partial charge on any atom is 0.230 e. The molecule has 1 saturated heterocycles. The Morgan fingerprint density at radius 2 is 2.00 bits per heavy atom. The molecular weight excluding hydrogens is 258 g/mol. The van der Waals surface area contributed by atoms with E-state index in [1.54, 1.807) is 11.3 Å². The van der Waals surface area contributed by atoms with Gasteiger partial charge in [-0.15, -0.1) is 11.3 Å². The van der Waals surface area contributed by atoms with Crippen LogP contribution in [0, 0.1) is 0 Å². The van der Waals surface area contributed by atoms with Crippen LogP contribution in [0.2, 0.25) is 0 Å². The monoisotopic (exact) mass is 275 g/mol. The molecule has 0 saturated carbocycles.